The number of anilines is 2. The number of para-hydroxylation sites is 4. The van der Waals surface area contributed by atoms with Gasteiger partial charge in [-0.1, -0.05) is 78.9 Å². The quantitative estimate of drug-likeness (QED) is 0.291. The maximum Gasteiger partial charge on any atom is 0.142 e. The van der Waals surface area contributed by atoms with Crippen molar-refractivity contribution in [2.45, 2.75) is 0 Å². The molecule has 0 amide bonds. The zero-order chi connectivity index (χ0) is 23.6. The fourth-order valence-electron chi connectivity index (χ4n) is 4.49. The van der Waals surface area contributed by atoms with Crippen LogP contribution in [0.5, 0.6) is 0 Å². The highest BCUT2D eigenvalue weighted by Crippen LogP contribution is 2.35. The van der Waals surface area contributed by atoms with Crippen molar-refractivity contribution in [3.8, 4) is 33.9 Å². The first-order valence-corrected chi connectivity index (χ1v) is 11.7. The summed E-state index contributed by atoms with van der Waals surface area (Å²) >= 11 is 0. The summed E-state index contributed by atoms with van der Waals surface area (Å²) in [7, 11) is 2.06. The van der Waals surface area contributed by atoms with Crippen LogP contribution in [-0.2, 0) is 7.05 Å². The Morgan fingerprint density at radius 1 is 0.543 bits per heavy atom. The Balaban J connectivity index is 1.41. The minimum absolute atomic E-state index is 0.926. The van der Waals surface area contributed by atoms with Gasteiger partial charge >= 0.3 is 0 Å². The summed E-state index contributed by atoms with van der Waals surface area (Å²) in [5, 5.41) is 3.68. The molecule has 2 heterocycles. The molecule has 6 aromatic rings. The number of nitrogens with zero attached hydrogens (tertiary/aromatic N) is 3. The van der Waals surface area contributed by atoms with Crippen LogP contribution in [0.1, 0.15) is 0 Å². The van der Waals surface area contributed by atoms with Gasteiger partial charge in [-0.25, -0.2) is 9.97 Å². The van der Waals surface area contributed by atoms with Crippen LogP contribution in [0.3, 0.4) is 0 Å². The van der Waals surface area contributed by atoms with Crippen molar-refractivity contribution in [3.05, 3.63) is 121 Å². The van der Waals surface area contributed by atoms with E-state index in [1.807, 2.05) is 42.5 Å². The Morgan fingerprint density at radius 2 is 1.17 bits per heavy atom. The molecule has 2 aromatic heterocycles. The van der Waals surface area contributed by atoms with E-state index in [-0.39, 0.29) is 0 Å². The number of rotatable bonds is 5. The van der Waals surface area contributed by atoms with Crippen LogP contribution in [0.15, 0.2) is 121 Å². The van der Waals surface area contributed by atoms with E-state index in [2.05, 4.69) is 95.8 Å². The Kier molecular flexibility index (Phi) is 5.32. The van der Waals surface area contributed by atoms with Gasteiger partial charge in [0.05, 0.1) is 22.4 Å². The lowest BCUT2D eigenvalue weighted by atomic mass is 10.1. The Labute approximate surface area is 204 Å². The molecule has 4 aromatic carbocycles. The number of aromatic nitrogens is 3. The maximum atomic E-state index is 4.98. The first kappa shape index (κ1) is 20.9. The highest BCUT2D eigenvalue weighted by Gasteiger charge is 2.15. The van der Waals surface area contributed by atoms with E-state index in [1.54, 1.807) is 0 Å². The number of benzene rings is 4. The third-order valence-corrected chi connectivity index (χ3v) is 6.25. The van der Waals surface area contributed by atoms with E-state index in [9.17, 15) is 0 Å². The van der Waals surface area contributed by atoms with Crippen LogP contribution in [0, 0.1) is 0 Å². The molecule has 0 unspecified atom stereocenters. The number of aryl methyl sites for hydroxylation is 1. The van der Waals surface area contributed by atoms with Gasteiger partial charge in [-0.15, -0.1) is 0 Å². The molecular weight excluding hydrogens is 428 g/mol. The Bertz CT molecular complexity index is 1630. The first-order valence-electron chi connectivity index (χ1n) is 11.7. The second kappa shape index (κ2) is 8.92. The third-order valence-electron chi connectivity index (χ3n) is 6.25. The lowest BCUT2D eigenvalue weighted by Gasteiger charge is -2.15. The molecule has 0 aliphatic rings. The summed E-state index contributed by atoms with van der Waals surface area (Å²) in [4.78, 5) is 9.90. The molecule has 0 saturated carbocycles. The molecule has 0 aliphatic carbocycles. The highest BCUT2D eigenvalue weighted by molar-refractivity contribution is 5.88. The monoisotopic (exact) mass is 452 g/mol. The summed E-state index contributed by atoms with van der Waals surface area (Å²) in [6, 6.07) is 41.3. The lowest BCUT2D eigenvalue weighted by molar-refractivity contribution is 0.960. The summed E-state index contributed by atoms with van der Waals surface area (Å²) in [6.07, 6.45) is 0. The topological polar surface area (TPSA) is 42.7 Å². The standard InChI is InChI=1S/C31H24N4/c1-35-30-21-10-9-18-29(30)34-31(35)24-15-6-8-17-28(24)33-26-16-7-5-14-23(26)27-20-11-19-25(32-27)22-12-3-2-4-13-22/h2-21,33H,1H3. The van der Waals surface area contributed by atoms with Crippen molar-refractivity contribution in [1.29, 1.82) is 0 Å². The molecule has 0 aliphatic heterocycles. The highest BCUT2D eigenvalue weighted by atomic mass is 15.1. The SMILES string of the molecule is Cn1c(-c2ccccc2Nc2ccccc2-c2cccc(-c3ccccc3)n2)nc2ccccc21. The van der Waals surface area contributed by atoms with Crippen LogP contribution in [0.2, 0.25) is 0 Å². The van der Waals surface area contributed by atoms with Gasteiger partial charge in [-0.2, -0.15) is 0 Å². The van der Waals surface area contributed by atoms with Crippen molar-refractivity contribution in [1.82, 2.24) is 14.5 Å². The predicted octanol–water partition coefficient (Wildman–Crippen LogP) is 7.71. The number of hydrogen-bond donors (Lipinski definition) is 1. The van der Waals surface area contributed by atoms with Crippen LogP contribution in [0.25, 0.3) is 44.9 Å². The van der Waals surface area contributed by atoms with Crippen LogP contribution in [-0.4, -0.2) is 14.5 Å². The molecule has 168 valence electrons. The fourth-order valence-corrected chi connectivity index (χ4v) is 4.49. The molecule has 6 rings (SSSR count). The van der Waals surface area contributed by atoms with E-state index in [1.165, 1.54) is 0 Å². The van der Waals surface area contributed by atoms with Crippen molar-refractivity contribution in [2.75, 3.05) is 5.32 Å². The van der Waals surface area contributed by atoms with Gasteiger partial charge in [-0.3, -0.25) is 0 Å². The smallest absolute Gasteiger partial charge is 0.142 e. The van der Waals surface area contributed by atoms with Crippen LogP contribution >= 0.6 is 0 Å². The summed E-state index contributed by atoms with van der Waals surface area (Å²) in [5.74, 6) is 0.927. The second-order valence-corrected chi connectivity index (χ2v) is 8.47. The number of fused-ring (bicyclic) bond motifs is 1. The van der Waals surface area contributed by atoms with Gasteiger partial charge < -0.3 is 9.88 Å². The van der Waals surface area contributed by atoms with Gasteiger partial charge in [0.1, 0.15) is 5.82 Å². The average Bonchev–Trinajstić information content (AvgIpc) is 3.26. The minimum Gasteiger partial charge on any atom is -0.354 e. The van der Waals surface area contributed by atoms with Gasteiger partial charge in [-0.05, 0) is 42.5 Å². The Hall–Kier alpha value is -4.70. The molecule has 0 atom stereocenters. The van der Waals surface area contributed by atoms with Crippen molar-refractivity contribution >= 4 is 22.4 Å². The van der Waals surface area contributed by atoms with Crippen molar-refractivity contribution < 1.29 is 0 Å². The molecule has 0 fully saturated rings. The molecule has 0 spiro atoms. The number of imidazole rings is 1. The minimum atomic E-state index is 0.926. The second-order valence-electron chi connectivity index (χ2n) is 8.47. The van der Waals surface area contributed by atoms with E-state index in [4.69, 9.17) is 9.97 Å². The molecule has 0 radical (unpaired) electrons. The van der Waals surface area contributed by atoms with Crippen molar-refractivity contribution in [2.24, 2.45) is 7.05 Å². The summed E-state index contributed by atoms with van der Waals surface area (Å²) in [6.45, 7) is 0. The van der Waals surface area contributed by atoms with Crippen LogP contribution < -0.4 is 5.32 Å². The van der Waals surface area contributed by atoms with Gasteiger partial charge in [0.2, 0.25) is 0 Å². The predicted molar refractivity (Wildman–Crippen MR) is 145 cm³/mol. The molecule has 35 heavy (non-hydrogen) atoms. The fraction of sp³-hybridized carbons (Fsp3) is 0.0323. The van der Waals surface area contributed by atoms with E-state index >= 15 is 0 Å². The summed E-state index contributed by atoms with van der Waals surface area (Å²) < 4.78 is 2.15. The number of nitrogens with one attached hydrogen (secondary N) is 1. The van der Waals surface area contributed by atoms with Gasteiger partial charge in [0, 0.05) is 35.1 Å². The zero-order valence-electron chi connectivity index (χ0n) is 19.4. The van der Waals surface area contributed by atoms with Gasteiger partial charge in [0.15, 0.2) is 0 Å². The first-order chi connectivity index (χ1) is 17.3. The van der Waals surface area contributed by atoms with Gasteiger partial charge in [0.25, 0.3) is 0 Å². The lowest BCUT2D eigenvalue weighted by Crippen LogP contribution is -1.99. The van der Waals surface area contributed by atoms with E-state index < -0.39 is 0 Å². The number of hydrogen-bond acceptors (Lipinski definition) is 3. The Morgan fingerprint density at radius 3 is 1.97 bits per heavy atom. The number of pyridine rings is 1. The molecule has 0 bridgehead atoms. The molecular formula is C31H24N4. The third kappa shape index (κ3) is 3.96. The normalized spacial score (nSPS) is 11.0. The zero-order valence-corrected chi connectivity index (χ0v) is 19.4. The maximum absolute atomic E-state index is 4.98. The molecule has 0 saturated heterocycles. The molecule has 1 N–H and O–H groups in total. The summed E-state index contributed by atoms with van der Waals surface area (Å²) in [5.41, 5.74) is 9.17. The average molecular weight is 453 g/mol. The molecule has 4 heteroatoms. The molecule has 4 nitrogen and oxygen atoms in total. The van der Waals surface area contributed by atoms with Crippen LogP contribution in [0.4, 0.5) is 11.4 Å². The van der Waals surface area contributed by atoms with Crippen molar-refractivity contribution in [3.63, 3.8) is 0 Å². The van der Waals surface area contributed by atoms with E-state index in [0.29, 0.717) is 0 Å². The largest absolute Gasteiger partial charge is 0.354 e. The van der Waals surface area contributed by atoms with E-state index in [0.717, 1.165) is 56.3 Å².